The molecule has 0 saturated carbocycles. The van der Waals surface area contributed by atoms with E-state index in [1.807, 2.05) is 12.1 Å². The highest BCUT2D eigenvalue weighted by molar-refractivity contribution is 5.85. The lowest BCUT2D eigenvalue weighted by atomic mass is 10.1. The number of carboxylic acid groups (broad SMARTS) is 1. The molecule has 0 aliphatic heterocycles. The highest BCUT2D eigenvalue weighted by Gasteiger charge is 1.90. The van der Waals surface area contributed by atoms with Gasteiger partial charge in [-0.25, -0.2) is 4.79 Å². The van der Waals surface area contributed by atoms with Crippen LogP contribution in [0.2, 0.25) is 0 Å². The molecule has 0 aliphatic rings. The Hall–Kier alpha value is -2.70. The highest BCUT2D eigenvalue weighted by atomic mass is 16.4. The molecule has 0 aromatic heterocycles. The molecular formula is C13H11N3O2. The third-order valence-corrected chi connectivity index (χ3v) is 1.96. The minimum atomic E-state index is -0.975. The second-order valence-electron chi connectivity index (χ2n) is 3.30. The van der Waals surface area contributed by atoms with E-state index in [1.165, 1.54) is 6.08 Å². The molecule has 1 aromatic carbocycles. The lowest BCUT2D eigenvalue weighted by Crippen LogP contribution is -1.85. The normalized spacial score (nSPS) is 9.33. The Balaban J connectivity index is 2.59. The summed E-state index contributed by atoms with van der Waals surface area (Å²) in [5.41, 5.74) is 9.70. The van der Waals surface area contributed by atoms with Crippen molar-refractivity contribution in [1.29, 1.82) is 0 Å². The predicted octanol–water partition coefficient (Wildman–Crippen LogP) is 2.84. The van der Waals surface area contributed by atoms with Crippen molar-refractivity contribution in [3.05, 3.63) is 51.9 Å². The summed E-state index contributed by atoms with van der Waals surface area (Å²) in [6, 6.07) is 7.19. The molecule has 0 bridgehead atoms. The van der Waals surface area contributed by atoms with Crippen LogP contribution in [0.4, 0.5) is 0 Å². The third kappa shape index (κ3) is 5.40. The van der Waals surface area contributed by atoms with Crippen LogP contribution in [0.1, 0.15) is 17.5 Å². The van der Waals surface area contributed by atoms with Gasteiger partial charge in [0.1, 0.15) is 0 Å². The fourth-order valence-electron chi connectivity index (χ4n) is 1.16. The third-order valence-electron chi connectivity index (χ3n) is 1.96. The van der Waals surface area contributed by atoms with Crippen molar-refractivity contribution in [2.75, 3.05) is 6.54 Å². The number of benzene rings is 1. The monoisotopic (exact) mass is 241 g/mol. The number of hydrogen-bond donors (Lipinski definition) is 1. The molecule has 5 heteroatoms. The van der Waals surface area contributed by atoms with E-state index in [9.17, 15) is 4.79 Å². The summed E-state index contributed by atoms with van der Waals surface area (Å²) in [4.78, 5) is 13.0. The van der Waals surface area contributed by atoms with Crippen LogP contribution in [0.3, 0.4) is 0 Å². The molecule has 1 N–H and O–H groups in total. The topological polar surface area (TPSA) is 86.1 Å². The van der Waals surface area contributed by atoms with E-state index in [-0.39, 0.29) is 0 Å². The van der Waals surface area contributed by atoms with E-state index >= 15 is 0 Å². The molecule has 1 rings (SSSR count). The molecular weight excluding hydrogens is 230 g/mol. The standard InChI is InChI=1S/C13H11N3O2/c14-16-15-10-2-1-3-11-4-6-12(7-5-11)8-9-13(17)18/h4-9H,2,10H2,(H,17,18)/b9-8+. The fraction of sp³-hybridized carbons (Fsp3) is 0.154. The smallest absolute Gasteiger partial charge is 0.328 e. The van der Waals surface area contributed by atoms with Crippen LogP contribution in [0.15, 0.2) is 35.5 Å². The van der Waals surface area contributed by atoms with Crippen LogP contribution < -0.4 is 0 Å². The maximum atomic E-state index is 10.3. The van der Waals surface area contributed by atoms with Crippen molar-refractivity contribution in [3.8, 4) is 11.8 Å². The van der Waals surface area contributed by atoms with Crippen molar-refractivity contribution < 1.29 is 9.90 Å². The van der Waals surface area contributed by atoms with Crippen LogP contribution in [0.5, 0.6) is 0 Å². The molecule has 0 saturated heterocycles. The molecule has 0 atom stereocenters. The molecule has 0 fully saturated rings. The second kappa shape index (κ2) is 7.55. The lowest BCUT2D eigenvalue weighted by Gasteiger charge is -1.93. The van der Waals surface area contributed by atoms with Gasteiger partial charge in [0.2, 0.25) is 0 Å². The van der Waals surface area contributed by atoms with Gasteiger partial charge in [-0.3, -0.25) is 0 Å². The van der Waals surface area contributed by atoms with Gasteiger partial charge in [0.15, 0.2) is 0 Å². The Morgan fingerprint density at radius 3 is 2.78 bits per heavy atom. The van der Waals surface area contributed by atoms with Gasteiger partial charge >= 0.3 is 5.97 Å². The summed E-state index contributed by atoms with van der Waals surface area (Å²) in [6.07, 6.45) is 3.12. The first kappa shape index (κ1) is 13.4. The SMILES string of the molecule is [N-]=[N+]=NCCC#Cc1ccc(/C=C/C(=O)O)cc1. The fourth-order valence-corrected chi connectivity index (χ4v) is 1.16. The number of rotatable bonds is 4. The molecule has 0 heterocycles. The molecule has 90 valence electrons. The zero-order valence-corrected chi connectivity index (χ0v) is 9.58. The van der Waals surface area contributed by atoms with E-state index in [1.54, 1.807) is 12.1 Å². The van der Waals surface area contributed by atoms with Crippen molar-refractivity contribution >= 4 is 12.0 Å². The van der Waals surface area contributed by atoms with Gasteiger partial charge in [-0.05, 0) is 29.3 Å². The summed E-state index contributed by atoms with van der Waals surface area (Å²) in [6.45, 7) is 0.364. The molecule has 1 aromatic rings. The van der Waals surface area contributed by atoms with Gasteiger partial charge in [-0.2, -0.15) is 0 Å². The predicted molar refractivity (Wildman–Crippen MR) is 68.6 cm³/mol. The number of azide groups is 1. The molecule has 0 aliphatic carbocycles. The largest absolute Gasteiger partial charge is 0.478 e. The number of hydrogen-bond acceptors (Lipinski definition) is 2. The van der Waals surface area contributed by atoms with Crippen LogP contribution >= 0.6 is 0 Å². The Morgan fingerprint density at radius 1 is 1.44 bits per heavy atom. The van der Waals surface area contributed by atoms with Gasteiger partial charge in [0, 0.05) is 29.5 Å². The zero-order chi connectivity index (χ0) is 13.2. The van der Waals surface area contributed by atoms with Crippen molar-refractivity contribution in [2.45, 2.75) is 6.42 Å². The summed E-state index contributed by atoms with van der Waals surface area (Å²) in [5.74, 6) is 4.83. The maximum absolute atomic E-state index is 10.3. The average Bonchev–Trinajstić information content (AvgIpc) is 2.37. The average molecular weight is 241 g/mol. The summed E-state index contributed by atoms with van der Waals surface area (Å²) < 4.78 is 0. The van der Waals surface area contributed by atoms with Gasteiger partial charge in [-0.1, -0.05) is 29.1 Å². The van der Waals surface area contributed by atoms with Crippen LogP contribution in [-0.2, 0) is 4.79 Å². The molecule has 5 nitrogen and oxygen atoms in total. The summed E-state index contributed by atoms with van der Waals surface area (Å²) in [7, 11) is 0. The molecule has 0 amide bonds. The van der Waals surface area contributed by atoms with Crippen LogP contribution in [0.25, 0.3) is 16.5 Å². The van der Waals surface area contributed by atoms with Gasteiger partial charge in [-0.15, -0.1) is 0 Å². The minimum absolute atomic E-state index is 0.364. The molecule has 0 unspecified atom stereocenters. The van der Waals surface area contributed by atoms with Crippen molar-refractivity contribution in [1.82, 2.24) is 0 Å². The number of carboxylic acids is 1. The summed E-state index contributed by atoms with van der Waals surface area (Å²) in [5, 5.41) is 11.8. The van der Waals surface area contributed by atoms with Crippen LogP contribution in [0, 0.1) is 11.8 Å². The van der Waals surface area contributed by atoms with Crippen LogP contribution in [-0.4, -0.2) is 17.6 Å². The maximum Gasteiger partial charge on any atom is 0.328 e. The zero-order valence-electron chi connectivity index (χ0n) is 9.58. The van der Waals surface area contributed by atoms with E-state index in [0.717, 1.165) is 17.2 Å². The van der Waals surface area contributed by atoms with Crippen molar-refractivity contribution in [3.63, 3.8) is 0 Å². The van der Waals surface area contributed by atoms with Crippen molar-refractivity contribution in [2.24, 2.45) is 5.11 Å². The minimum Gasteiger partial charge on any atom is -0.478 e. The van der Waals surface area contributed by atoms with Gasteiger partial charge in [0.05, 0.1) is 0 Å². The highest BCUT2D eigenvalue weighted by Crippen LogP contribution is 2.05. The number of nitrogens with zero attached hydrogens (tertiary/aromatic N) is 3. The quantitative estimate of drug-likeness (QED) is 0.219. The number of carbonyl (C=O) groups is 1. The Labute approximate surface area is 104 Å². The summed E-state index contributed by atoms with van der Waals surface area (Å²) >= 11 is 0. The number of aliphatic carboxylic acids is 1. The Kier molecular flexibility index (Phi) is 5.61. The lowest BCUT2D eigenvalue weighted by molar-refractivity contribution is -0.131. The molecule has 18 heavy (non-hydrogen) atoms. The van der Waals surface area contributed by atoms with E-state index in [0.29, 0.717) is 13.0 Å². The van der Waals surface area contributed by atoms with E-state index < -0.39 is 5.97 Å². The van der Waals surface area contributed by atoms with Gasteiger partial charge in [0.25, 0.3) is 0 Å². The molecule has 0 radical (unpaired) electrons. The van der Waals surface area contributed by atoms with E-state index in [4.69, 9.17) is 10.6 Å². The Bertz CT molecular complexity index is 544. The van der Waals surface area contributed by atoms with Gasteiger partial charge < -0.3 is 5.11 Å². The second-order valence-corrected chi connectivity index (χ2v) is 3.30. The first-order valence-electron chi connectivity index (χ1n) is 5.23. The molecule has 0 spiro atoms. The van der Waals surface area contributed by atoms with E-state index in [2.05, 4.69) is 21.9 Å². The Morgan fingerprint density at radius 2 is 2.17 bits per heavy atom. The first-order chi connectivity index (χ1) is 8.72. The first-order valence-corrected chi connectivity index (χ1v) is 5.23.